The first-order valence-electron chi connectivity index (χ1n) is 20.3. The minimum Gasteiger partial charge on any atom is -0.341 e. The summed E-state index contributed by atoms with van der Waals surface area (Å²) in [6, 6.07) is 41.0. The Morgan fingerprint density at radius 1 is 0.355 bits per heavy atom. The number of aromatic amines is 5. The monoisotopic (exact) mass is 986 g/mol. The summed E-state index contributed by atoms with van der Waals surface area (Å²) in [5.41, 5.74) is 10.0. The maximum absolute atomic E-state index is 4.99. The zero-order chi connectivity index (χ0) is 42.7. The largest absolute Gasteiger partial charge is 0.341 e. The molecule has 10 aromatic rings. The molecule has 0 saturated carbocycles. The van der Waals surface area contributed by atoms with Crippen LogP contribution in [0.3, 0.4) is 0 Å². The van der Waals surface area contributed by atoms with Crippen molar-refractivity contribution in [2.75, 3.05) is 26.2 Å². The quantitative estimate of drug-likeness (QED) is 0.0601. The maximum Gasteiger partial charge on any atom is 0.121 e. The number of nitrogens with zero attached hydrogens (tertiary/aromatic N) is 8. The van der Waals surface area contributed by atoms with Crippen LogP contribution < -0.4 is 0 Å². The number of halogens is 3. The van der Waals surface area contributed by atoms with Crippen LogP contribution in [0.2, 0.25) is 0 Å². The second kappa shape index (κ2) is 21.7. The fraction of sp³-hybridized carbons (Fsp3) is 0.205. The number of H-pyrrole nitrogens is 5. The first-order valence-corrected chi connectivity index (χ1v) is 32.0. The molecular weight excluding hydrogens is 948 g/mol. The van der Waals surface area contributed by atoms with Crippen molar-refractivity contribution in [1.29, 1.82) is 0 Å². The van der Waals surface area contributed by atoms with E-state index < -0.39 is 15.1 Å². The molecule has 13 nitrogen and oxygen atoms in total. The summed E-state index contributed by atoms with van der Waals surface area (Å²) < 4.78 is 0. The van der Waals surface area contributed by atoms with Crippen LogP contribution in [0.15, 0.2) is 121 Å². The topological polar surface area (TPSA) is 153 Å². The van der Waals surface area contributed by atoms with Crippen LogP contribution >= 0.6 is 29.1 Å². The number of aromatic nitrogens is 10. The van der Waals surface area contributed by atoms with E-state index in [0.29, 0.717) is 32.7 Å². The first kappa shape index (κ1) is 44.1. The molecular formula is C44H43Cl3N13Zn2+. The predicted octanol–water partition coefficient (Wildman–Crippen LogP) is 9.34. The van der Waals surface area contributed by atoms with Crippen LogP contribution in [0.5, 0.6) is 0 Å². The summed E-state index contributed by atoms with van der Waals surface area (Å²) in [7, 11) is 14.7. The Bertz CT molecular complexity index is 2480. The van der Waals surface area contributed by atoms with Crippen LogP contribution in [0.4, 0.5) is 0 Å². The Labute approximate surface area is 387 Å². The van der Waals surface area contributed by atoms with Gasteiger partial charge >= 0.3 is 61.5 Å². The summed E-state index contributed by atoms with van der Waals surface area (Å²) in [6.07, 6.45) is 0. The Kier molecular flexibility index (Phi) is 15.4. The Morgan fingerprint density at radius 3 is 0.774 bits per heavy atom. The van der Waals surface area contributed by atoms with Gasteiger partial charge in [-0.1, -0.05) is 60.7 Å². The molecule has 0 unspecified atom stereocenters. The molecule has 0 bridgehead atoms. The molecule has 62 heavy (non-hydrogen) atoms. The Balaban J connectivity index is 0.00000102. The zero-order valence-corrected chi connectivity index (χ0v) is 42.2. The van der Waals surface area contributed by atoms with Gasteiger partial charge in [-0.05, 0) is 60.7 Å². The van der Waals surface area contributed by atoms with Crippen molar-refractivity contribution in [1.82, 2.24) is 64.5 Å². The molecule has 18 heteroatoms. The fourth-order valence-corrected chi connectivity index (χ4v) is 7.73. The third kappa shape index (κ3) is 11.3. The molecule has 0 radical (unpaired) electrons. The fourth-order valence-electron chi connectivity index (χ4n) is 7.73. The summed E-state index contributed by atoms with van der Waals surface area (Å²) in [6.45, 7) is 6.40. The van der Waals surface area contributed by atoms with Crippen molar-refractivity contribution in [3.05, 3.63) is 150 Å². The van der Waals surface area contributed by atoms with Crippen LogP contribution in [-0.4, -0.2) is 90.7 Å². The van der Waals surface area contributed by atoms with Gasteiger partial charge in [0.25, 0.3) is 0 Å². The second-order valence-electron chi connectivity index (χ2n) is 14.8. The van der Waals surface area contributed by atoms with E-state index in [1.807, 2.05) is 60.7 Å². The summed E-state index contributed by atoms with van der Waals surface area (Å²) in [5, 5.41) is 0. The molecule has 0 atom stereocenters. The molecule has 10 rings (SSSR count). The minimum atomic E-state index is -0.931. The van der Waals surface area contributed by atoms with E-state index in [9.17, 15) is 0 Å². The number of nitrogens with one attached hydrogen (secondary N) is 5. The molecule has 5 N–H and O–H groups in total. The molecule has 0 amide bonds. The van der Waals surface area contributed by atoms with Gasteiger partial charge in [-0.3, -0.25) is 14.7 Å². The van der Waals surface area contributed by atoms with E-state index >= 15 is 0 Å². The van der Waals surface area contributed by atoms with Crippen LogP contribution in [0.25, 0.3) is 55.2 Å². The Morgan fingerprint density at radius 2 is 0.548 bits per heavy atom. The summed E-state index contributed by atoms with van der Waals surface area (Å²) in [4.78, 5) is 49.9. The average Bonchev–Trinajstić information content (AvgIpc) is 4.14. The normalized spacial score (nSPS) is 11.5. The Hall–Kier alpha value is -4.55. The minimum absolute atomic E-state index is 0.647. The second-order valence-corrected chi connectivity index (χ2v) is 19.4. The van der Waals surface area contributed by atoms with Gasteiger partial charge in [0.2, 0.25) is 0 Å². The molecule has 5 aromatic heterocycles. The molecule has 308 valence electrons. The maximum atomic E-state index is 4.99. The molecule has 0 saturated heterocycles. The third-order valence-corrected chi connectivity index (χ3v) is 10.5. The molecule has 5 heterocycles. The van der Waals surface area contributed by atoms with Crippen molar-refractivity contribution >= 4 is 84.2 Å². The zero-order valence-electron chi connectivity index (χ0n) is 34.0. The molecule has 0 spiro atoms. The van der Waals surface area contributed by atoms with Crippen molar-refractivity contribution in [3.8, 4) is 0 Å². The molecule has 5 aromatic carbocycles. The summed E-state index contributed by atoms with van der Waals surface area (Å²) >= 11 is -0.0833. The van der Waals surface area contributed by atoms with Crippen LogP contribution in [-0.2, 0) is 65.2 Å². The van der Waals surface area contributed by atoms with E-state index in [0.717, 1.165) is 128 Å². The first-order chi connectivity index (χ1) is 30.5. The van der Waals surface area contributed by atoms with Gasteiger partial charge in [-0.25, -0.2) is 24.9 Å². The smallest absolute Gasteiger partial charge is 0.121 e. The van der Waals surface area contributed by atoms with Gasteiger partial charge in [-0.2, -0.15) is 0 Å². The van der Waals surface area contributed by atoms with Crippen LogP contribution in [0, 0.1) is 0 Å². The molecule has 0 aliphatic rings. The number of hydrogen-bond acceptors (Lipinski definition) is 8. The van der Waals surface area contributed by atoms with Gasteiger partial charge in [0.05, 0.1) is 87.9 Å². The predicted molar refractivity (Wildman–Crippen MR) is 242 cm³/mol. The van der Waals surface area contributed by atoms with Gasteiger partial charge < -0.3 is 24.9 Å². The third-order valence-electron chi connectivity index (χ3n) is 10.5. The SMILES string of the molecule is [Cl][Zn+].[Cl][Zn][Cl].c1ccc2[nH]c(CN(CCN(Cc3nc4ccccc4[nH]3)Cc3nc4ccccc4[nH]3)CCN(Cc3nc4ccccc4[nH]3)Cc3nc4ccccc4[nH]3)nc2c1. The molecule has 0 aliphatic heterocycles. The van der Waals surface area contributed by atoms with Crippen molar-refractivity contribution < 1.29 is 32.5 Å². The van der Waals surface area contributed by atoms with Crippen molar-refractivity contribution in [3.63, 3.8) is 0 Å². The van der Waals surface area contributed by atoms with Crippen molar-refractivity contribution in [2.45, 2.75) is 32.7 Å². The molecule has 0 aliphatic carbocycles. The molecule has 0 fully saturated rings. The number of fused-ring (bicyclic) bond motifs is 5. The number of rotatable bonds is 16. The van der Waals surface area contributed by atoms with Gasteiger partial charge in [0.15, 0.2) is 0 Å². The number of benzene rings is 5. The van der Waals surface area contributed by atoms with Gasteiger partial charge in [-0.15, -0.1) is 0 Å². The van der Waals surface area contributed by atoms with E-state index in [1.165, 1.54) is 0 Å². The van der Waals surface area contributed by atoms with Crippen LogP contribution in [0.1, 0.15) is 29.1 Å². The average molecular weight is 991 g/mol. The number of para-hydroxylation sites is 10. The summed E-state index contributed by atoms with van der Waals surface area (Å²) in [5.74, 6) is 4.66. The standard InChI is InChI=1S/C44H43N13.3ClH.2Zn/c1-2-12-31-30(11-1)45-40(46-31)25-55(21-23-56(26-41-47-32-13-3-4-14-33(32)48-41)27-42-49-34-15-5-6-16-35(34)50-42)22-24-57(28-43-51-36-17-7-8-18-37(36)52-43)29-44-53-38-19-9-10-20-39(38)54-44;;;;;/h1-20H,21-29H2,(H,45,46)(H,47,48)(H,49,50)(H,51,52)(H,53,54);3*1H;;/q;;;;2*+2/p-3. The van der Waals surface area contributed by atoms with Crippen molar-refractivity contribution in [2.24, 2.45) is 0 Å². The van der Waals surface area contributed by atoms with E-state index in [2.05, 4.69) is 100 Å². The van der Waals surface area contributed by atoms with Gasteiger partial charge in [0, 0.05) is 26.2 Å². The van der Waals surface area contributed by atoms with E-state index in [-0.39, 0.29) is 0 Å². The van der Waals surface area contributed by atoms with Gasteiger partial charge in [0.1, 0.15) is 29.1 Å². The van der Waals surface area contributed by atoms with E-state index in [1.54, 1.807) is 0 Å². The number of imidazole rings is 5. The number of hydrogen-bond donors (Lipinski definition) is 5. The van der Waals surface area contributed by atoms with E-state index in [4.69, 9.17) is 54.0 Å².